The van der Waals surface area contributed by atoms with Crippen molar-refractivity contribution in [3.05, 3.63) is 69.0 Å². The lowest BCUT2D eigenvalue weighted by atomic mass is 10.1. The van der Waals surface area contributed by atoms with Gasteiger partial charge in [0.05, 0.1) is 11.0 Å². The molecule has 0 heterocycles. The molecule has 0 aromatic heterocycles. The maximum absolute atomic E-state index is 12.2. The van der Waals surface area contributed by atoms with E-state index < -0.39 is 18.0 Å². The number of hydrogen-bond donors (Lipinski definition) is 3. The predicted molar refractivity (Wildman–Crippen MR) is 102 cm³/mol. The first-order chi connectivity index (χ1) is 11.8. The van der Waals surface area contributed by atoms with Crippen LogP contribution in [-0.4, -0.2) is 18.4 Å². The molecule has 128 valence electrons. The Morgan fingerprint density at radius 1 is 0.840 bits per heavy atom. The molecular formula is C18H17N2O4P. The molecule has 3 rings (SSSR count). The SMILES string of the molecule is CP(C)(=O)c1cccc(Nc2c(Nc3ccccc3)c(=O)c2=O)c1O. The second kappa shape index (κ2) is 6.22. The van der Waals surface area contributed by atoms with Gasteiger partial charge in [0.25, 0.3) is 10.9 Å². The molecule has 0 bridgehead atoms. The number of rotatable bonds is 5. The maximum Gasteiger partial charge on any atom is 0.253 e. The van der Waals surface area contributed by atoms with Gasteiger partial charge >= 0.3 is 0 Å². The number of nitrogens with one attached hydrogen (secondary N) is 2. The summed E-state index contributed by atoms with van der Waals surface area (Å²) in [5.41, 5.74) is -0.189. The first-order valence-electron chi connectivity index (χ1n) is 7.59. The van der Waals surface area contributed by atoms with Gasteiger partial charge in [0.15, 0.2) is 0 Å². The lowest BCUT2D eigenvalue weighted by molar-refractivity contribution is 0.481. The summed E-state index contributed by atoms with van der Waals surface area (Å²) < 4.78 is 12.2. The van der Waals surface area contributed by atoms with Crippen molar-refractivity contribution in [3.8, 4) is 5.75 Å². The Morgan fingerprint density at radius 3 is 2.04 bits per heavy atom. The zero-order valence-corrected chi connectivity index (χ0v) is 14.6. The lowest BCUT2D eigenvalue weighted by Gasteiger charge is -2.17. The monoisotopic (exact) mass is 356 g/mol. The third kappa shape index (κ3) is 3.21. The average molecular weight is 356 g/mol. The van der Waals surface area contributed by atoms with Gasteiger partial charge in [0.2, 0.25) is 0 Å². The largest absolute Gasteiger partial charge is 0.505 e. The molecule has 0 radical (unpaired) electrons. The van der Waals surface area contributed by atoms with E-state index in [0.717, 1.165) is 0 Å². The Kier molecular flexibility index (Phi) is 4.23. The summed E-state index contributed by atoms with van der Waals surface area (Å²) in [6.45, 7) is 3.09. The van der Waals surface area contributed by atoms with E-state index in [0.29, 0.717) is 11.0 Å². The Labute approximate surface area is 144 Å². The van der Waals surface area contributed by atoms with Crippen LogP contribution in [0.15, 0.2) is 58.1 Å². The summed E-state index contributed by atoms with van der Waals surface area (Å²) >= 11 is 0. The first kappa shape index (κ1) is 17.0. The van der Waals surface area contributed by atoms with Gasteiger partial charge in [-0.25, -0.2) is 0 Å². The zero-order chi connectivity index (χ0) is 18.2. The van der Waals surface area contributed by atoms with Crippen LogP contribution < -0.4 is 26.8 Å². The molecule has 3 N–H and O–H groups in total. The fraction of sp³-hybridized carbons (Fsp3) is 0.111. The normalized spacial score (nSPS) is 11.4. The summed E-state index contributed by atoms with van der Waals surface area (Å²) in [6, 6.07) is 13.7. The number of hydrogen-bond acceptors (Lipinski definition) is 6. The second-order valence-electron chi connectivity index (χ2n) is 6.05. The molecule has 25 heavy (non-hydrogen) atoms. The highest BCUT2D eigenvalue weighted by Crippen LogP contribution is 2.41. The summed E-state index contributed by atoms with van der Waals surface area (Å²) in [5.74, 6) is -0.186. The van der Waals surface area contributed by atoms with Gasteiger partial charge in [0, 0.05) is 5.69 Å². The van der Waals surface area contributed by atoms with Gasteiger partial charge in [-0.1, -0.05) is 24.3 Å². The van der Waals surface area contributed by atoms with Gasteiger partial charge in [-0.05, 0) is 37.6 Å². The van der Waals surface area contributed by atoms with E-state index in [9.17, 15) is 19.3 Å². The van der Waals surface area contributed by atoms with Gasteiger partial charge in [-0.3, -0.25) is 9.59 Å². The standard InChI is InChI=1S/C18H17N2O4P/c1-25(2,24)13-10-6-9-12(16(13)21)20-15-14(17(22)18(15)23)19-11-7-4-3-5-8-11/h3-10,19-21H,1-2H3. The molecule has 0 aliphatic carbocycles. The molecule has 3 aromatic carbocycles. The average Bonchev–Trinajstić information content (AvgIpc) is 2.58. The van der Waals surface area contributed by atoms with Gasteiger partial charge in [-0.2, -0.15) is 0 Å². The fourth-order valence-electron chi connectivity index (χ4n) is 2.50. The quantitative estimate of drug-likeness (QED) is 0.370. The summed E-state index contributed by atoms with van der Waals surface area (Å²) in [7, 11) is -2.69. The molecule has 0 saturated carbocycles. The molecule has 0 aliphatic rings. The molecule has 0 fully saturated rings. The van der Waals surface area contributed by atoms with Crippen LogP contribution in [0.2, 0.25) is 0 Å². The summed E-state index contributed by atoms with van der Waals surface area (Å²) in [4.78, 5) is 23.8. The third-order valence-electron chi connectivity index (χ3n) is 3.81. The number of benzene rings is 2. The molecule has 0 saturated heterocycles. The van der Waals surface area contributed by atoms with Crippen LogP contribution in [0.5, 0.6) is 5.75 Å². The highest BCUT2D eigenvalue weighted by Gasteiger charge is 2.24. The minimum atomic E-state index is -2.69. The van der Waals surface area contributed by atoms with Crippen molar-refractivity contribution in [1.29, 1.82) is 0 Å². The van der Waals surface area contributed by atoms with E-state index in [2.05, 4.69) is 10.6 Å². The number of phenols is 1. The zero-order valence-electron chi connectivity index (χ0n) is 13.7. The minimum absolute atomic E-state index is 0.0725. The van der Waals surface area contributed by atoms with Crippen LogP contribution in [0, 0.1) is 0 Å². The van der Waals surface area contributed by atoms with Crippen molar-refractivity contribution in [3.63, 3.8) is 0 Å². The van der Waals surface area contributed by atoms with Crippen LogP contribution in [-0.2, 0) is 4.57 Å². The summed E-state index contributed by atoms with van der Waals surface area (Å²) in [5, 5.41) is 16.3. The highest BCUT2D eigenvalue weighted by atomic mass is 31.2. The van der Waals surface area contributed by atoms with Crippen LogP contribution in [0.4, 0.5) is 22.7 Å². The van der Waals surface area contributed by atoms with E-state index in [1.165, 1.54) is 0 Å². The molecule has 0 unspecified atom stereocenters. The Balaban J connectivity index is 1.96. The second-order valence-corrected chi connectivity index (χ2v) is 9.23. The van der Waals surface area contributed by atoms with Gasteiger partial charge in [0.1, 0.15) is 24.3 Å². The highest BCUT2D eigenvalue weighted by molar-refractivity contribution is 7.70. The first-order valence-corrected chi connectivity index (χ1v) is 10.2. The van der Waals surface area contributed by atoms with Crippen LogP contribution in [0.1, 0.15) is 0 Å². The van der Waals surface area contributed by atoms with E-state index in [4.69, 9.17) is 0 Å². The van der Waals surface area contributed by atoms with Crippen molar-refractivity contribution in [2.75, 3.05) is 24.0 Å². The van der Waals surface area contributed by atoms with E-state index in [1.807, 2.05) is 6.07 Å². The molecular weight excluding hydrogens is 339 g/mol. The number of aromatic hydroxyl groups is 1. The Bertz CT molecular complexity index is 1050. The number of anilines is 4. The molecule has 0 atom stereocenters. The molecule has 0 amide bonds. The predicted octanol–water partition coefficient (Wildman–Crippen LogP) is 2.72. The minimum Gasteiger partial charge on any atom is -0.505 e. The molecule has 7 heteroatoms. The van der Waals surface area contributed by atoms with Crippen molar-refractivity contribution in [1.82, 2.24) is 0 Å². The topological polar surface area (TPSA) is 95.5 Å². The lowest BCUT2D eigenvalue weighted by Crippen LogP contribution is -2.35. The maximum atomic E-state index is 12.2. The van der Waals surface area contributed by atoms with Crippen molar-refractivity contribution in [2.45, 2.75) is 0 Å². The van der Waals surface area contributed by atoms with Gasteiger partial charge < -0.3 is 20.3 Å². The fourth-order valence-corrected chi connectivity index (χ4v) is 3.57. The Morgan fingerprint density at radius 2 is 1.44 bits per heavy atom. The molecule has 3 aromatic rings. The van der Waals surface area contributed by atoms with E-state index in [-0.39, 0.29) is 22.8 Å². The number of para-hydroxylation sites is 2. The Hall–Kier alpha value is -2.85. The van der Waals surface area contributed by atoms with Crippen LogP contribution >= 0.6 is 7.14 Å². The molecule has 6 nitrogen and oxygen atoms in total. The van der Waals surface area contributed by atoms with E-state index >= 15 is 0 Å². The summed E-state index contributed by atoms with van der Waals surface area (Å²) in [6.07, 6.45) is 0. The van der Waals surface area contributed by atoms with Crippen molar-refractivity contribution in [2.24, 2.45) is 0 Å². The van der Waals surface area contributed by atoms with Crippen LogP contribution in [0.3, 0.4) is 0 Å². The van der Waals surface area contributed by atoms with Gasteiger partial charge in [-0.15, -0.1) is 0 Å². The van der Waals surface area contributed by atoms with Crippen LogP contribution in [0.25, 0.3) is 0 Å². The number of phenolic OH excluding ortho intramolecular Hbond substituents is 1. The third-order valence-corrected chi connectivity index (χ3v) is 5.33. The smallest absolute Gasteiger partial charge is 0.253 e. The molecule has 0 spiro atoms. The molecule has 0 aliphatic heterocycles. The van der Waals surface area contributed by atoms with Crippen molar-refractivity contribution < 1.29 is 9.67 Å². The van der Waals surface area contributed by atoms with Crippen molar-refractivity contribution >= 4 is 35.2 Å². The van der Waals surface area contributed by atoms with E-state index in [1.54, 1.807) is 55.8 Å².